The molecule has 1 heterocycles. The number of aliphatic hydroxyl groups is 1. The van der Waals surface area contributed by atoms with Gasteiger partial charge in [-0.1, -0.05) is 38.1 Å². The number of para-hydroxylation sites is 2. The van der Waals surface area contributed by atoms with Crippen LogP contribution in [0.15, 0.2) is 71.6 Å². The van der Waals surface area contributed by atoms with Gasteiger partial charge in [0, 0.05) is 37.7 Å². The number of nitrogens with one attached hydrogen (secondary N) is 1. The molecule has 4 rings (SSSR count). The Kier molecular flexibility index (Phi) is 8.62. The van der Waals surface area contributed by atoms with Gasteiger partial charge in [-0.25, -0.2) is 13.1 Å². The fourth-order valence-corrected chi connectivity index (χ4v) is 6.33. The number of sulfonamides is 1. The Hall–Kier alpha value is -3.11. The van der Waals surface area contributed by atoms with E-state index in [0.717, 1.165) is 5.56 Å². The number of methoxy groups -OCH3 is 2. The second kappa shape index (κ2) is 11.7. The monoisotopic (exact) mass is 540 g/mol. The lowest BCUT2D eigenvalue weighted by Gasteiger charge is -2.44. The third kappa shape index (κ3) is 5.96. The first-order valence-corrected chi connectivity index (χ1v) is 14.2. The van der Waals surface area contributed by atoms with E-state index in [1.54, 1.807) is 26.2 Å². The van der Waals surface area contributed by atoms with Crippen molar-refractivity contribution in [2.75, 3.05) is 33.9 Å². The fourth-order valence-electron chi connectivity index (χ4n) is 5.02. The maximum atomic E-state index is 13.0. The molecule has 204 valence electrons. The largest absolute Gasteiger partial charge is 0.497 e. The van der Waals surface area contributed by atoms with Gasteiger partial charge < -0.3 is 19.3 Å². The van der Waals surface area contributed by atoms with E-state index in [9.17, 15) is 13.5 Å². The summed E-state index contributed by atoms with van der Waals surface area (Å²) in [7, 11) is -0.637. The molecule has 2 N–H and O–H groups in total. The van der Waals surface area contributed by atoms with Crippen molar-refractivity contribution in [1.29, 1.82) is 0 Å². The standard InChI is InChI=1S/C29H36N2O6S/c1-5-30-38(33,34)28-14-13-23(35-3)18-25(28)29(32)15-16-31(19-21(29)2)20-22-9-8-10-24(17-22)37-27-12-7-6-11-26(27)36-4/h6-14,17-18,21,30,32H,5,15-16,19-20H2,1-4H3. The van der Waals surface area contributed by atoms with Crippen molar-refractivity contribution in [3.05, 3.63) is 77.9 Å². The van der Waals surface area contributed by atoms with Crippen LogP contribution in [0.5, 0.6) is 23.0 Å². The Labute approximate surface area is 225 Å². The SMILES string of the molecule is CCNS(=O)(=O)c1ccc(OC)cc1C1(O)CCN(Cc2cccc(Oc3ccccc3OC)c2)CC1C. The van der Waals surface area contributed by atoms with Crippen LogP contribution in [0.2, 0.25) is 0 Å². The lowest BCUT2D eigenvalue weighted by atomic mass is 9.76. The first-order chi connectivity index (χ1) is 18.2. The number of likely N-dealkylation sites (tertiary alicyclic amines) is 1. The van der Waals surface area contributed by atoms with Crippen molar-refractivity contribution in [3.63, 3.8) is 0 Å². The van der Waals surface area contributed by atoms with E-state index in [1.807, 2.05) is 55.5 Å². The molecule has 3 aromatic carbocycles. The van der Waals surface area contributed by atoms with Crippen molar-refractivity contribution in [3.8, 4) is 23.0 Å². The molecule has 3 aromatic rings. The summed E-state index contributed by atoms with van der Waals surface area (Å²) >= 11 is 0. The zero-order chi connectivity index (χ0) is 27.3. The number of rotatable bonds is 10. The van der Waals surface area contributed by atoms with E-state index in [2.05, 4.69) is 9.62 Å². The average Bonchev–Trinajstić information content (AvgIpc) is 2.91. The summed E-state index contributed by atoms with van der Waals surface area (Å²) < 4.78 is 45.3. The Morgan fingerprint density at radius 1 is 1.00 bits per heavy atom. The minimum atomic E-state index is -3.78. The lowest BCUT2D eigenvalue weighted by Crippen LogP contribution is -2.49. The van der Waals surface area contributed by atoms with Crippen LogP contribution in [-0.4, -0.2) is 52.3 Å². The normalized spacial score (nSPS) is 20.2. The molecule has 1 saturated heterocycles. The molecule has 0 saturated carbocycles. The van der Waals surface area contributed by atoms with Crippen molar-refractivity contribution in [2.45, 2.75) is 37.3 Å². The van der Waals surface area contributed by atoms with Crippen molar-refractivity contribution < 1.29 is 27.7 Å². The fraction of sp³-hybridized carbons (Fsp3) is 0.379. The van der Waals surface area contributed by atoms with Gasteiger partial charge in [-0.2, -0.15) is 0 Å². The summed E-state index contributed by atoms with van der Waals surface area (Å²) in [6.07, 6.45) is 0.382. The van der Waals surface area contributed by atoms with Crippen LogP contribution in [-0.2, 0) is 22.2 Å². The Bertz CT molecular complexity index is 1360. The van der Waals surface area contributed by atoms with E-state index in [4.69, 9.17) is 14.2 Å². The number of ether oxygens (including phenoxy) is 3. The first-order valence-electron chi connectivity index (χ1n) is 12.7. The van der Waals surface area contributed by atoms with Crippen molar-refractivity contribution in [2.24, 2.45) is 5.92 Å². The Balaban J connectivity index is 1.52. The van der Waals surface area contributed by atoms with Gasteiger partial charge in [0.05, 0.1) is 24.7 Å². The zero-order valence-corrected chi connectivity index (χ0v) is 23.1. The van der Waals surface area contributed by atoms with Gasteiger partial charge in [0.25, 0.3) is 0 Å². The topological polar surface area (TPSA) is 97.3 Å². The van der Waals surface area contributed by atoms with Crippen molar-refractivity contribution >= 4 is 10.0 Å². The average molecular weight is 541 g/mol. The van der Waals surface area contributed by atoms with E-state index in [1.165, 1.54) is 13.2 Å². The Morgan fingerprint density at radius 2 is 1.76 bits per heavy atom. The predicted molar refractivity (Wildman–Crippen MR) is 146 cm³/mol. The highest BCUT2D eigenvalue weighted by molar-refractivity contribution is 7.89. The predicted octanol–water partition coefficient (Wildman–Crippen LogP) is 4.52. The summed E-state index contributed by atoms with van der Waals surface area (Å²) in [5, 5.41) is 11.9. The number of benzene rings is 3. The Morgan fingerprint density at radius 3 is 2.45 bits per heavy atom. The number of hydrogen-bond acceptors (Lipinski definition) is 7. The molecule has 1 aliphatic heterocycles. The molecule has 0 spiro atoms. The maximum Gasteiger partial charge on any atom is 0.240 e. The van der Waals surface area contributed by atoms with Gasteiger partial charge in [-0.15, -0.1) is 0 Å². The molecule has 38 heavy (non-hydrogen) atoms. The van der Waals surface area contributed by atoms with Gasteiger partial charge in [-0.05, 0) is 54.4 Å². The minimum absolute atomic E-state index is 0.0872. The van der Waals surface area contributed by atoms with Gasteiger partial charge in [0.2, 0.25) is 10.0 Å². The van der Waals surface area contributed by atoms with E-state index in [-0.39, 0.29) is 17.4 Å². The summed E-state index contributed by atoms with van der Waals surface area (Å²) in [5.41, 5.74) is 0.126. The number of nitrogens with zero attached hydrogens (tertiary/aromatic N) is 1. The van der Waals surface area contributed by atoms with Gasteiger partial charge >= 0.3 is 0 Å². The molecular weight excluding hydrogens is 504 g/mol. The van der Waals surface area contributed by atoms with E-state index < -0.39 is 15.6 Å². The van der Waals surface area contributed by atoms with Crippen LogP contribution in [0.4, 0.5) is 0 Å². The molecule has 8 nitrogen and oxygen atoms in total. The second-order valence-electron chi connectivity index (χ2n) is 9.57. The molecule has 0 bridgehead atoms. The smallest absolute Gasteiger partial charge is 0.240 e. The molecule has 0 amide bonds. The highest BCUT2D eigenvalue weighted by Gasteiger charge is 2.43. The highest BCUT2D eigenvalue weighted by Crippen LogP contribution is 2.42. The third-order valence-corrected chi connectivity index (χ3v) is 8.64. The molecule has 0 radical (unpaired) electrons. The molecule has 0 aliphatic carbocycles. The van der Waals surface area contributed by atoms with Crippen LogP contribution in [0.25, 0.3) is 0 Å². The zero-order valence-electron chi connectivity index (χ0n) is 22.3. The maximum absolute atomic E-state index is 13.0. The molecule has 1 aliphatic rings. The van der Waals surface area contributed by atoms with Crippen LogP contribution in [0, 0.1) is 5.92 Å². The van der Waals surface area contributed by atoms with Gasteiger partial charge in [-0.3, -0.25) is 4.90 Å². The van der Waals surface area contributed by atoms with Gasteiger partial charge in [0.15, 0.2) is 11.5 Å². The number of piperidine rings is 1. The molecule has 9 heteroatoms. The van der Waals surface area contributed by atoms with Crippen LogP contribution in [0.3, 0.4) is 0 Å². The quantitative estimate of drug-likeness (QED) is 0.390. The summed E-state index contributed by atoms with van der Waals surface area (Å²) in [4.78, 5) is 2.35. The molecule has 2 unspecified atom stereocenters. The molecule has 0 aromatic heterocycles. The molecular formula is C29H36N2O6S. The van der Waals surface area contributed by atoms with Gasteiger partial charge in [0.1, 0.15) is 11.5 Å². The number of hydrogen-bond donors (Lipinski definition) is 2. The van der Waals surface area contributed by atoms with Crippen LogP contribution >= 0.6 is 0 Å². The third-order valence-electron chi connectivity index (χ3n) is 7.03. The minimum Gasteiger partial charge on any atom is -0.497 e. The van der Waals surface area contributed by atoms with E-state index >= 15 is 0 Å². The summed E-state index contributed by atoms with van der Waals surface area (Å²) in [5.74, 6) is 2.29. The molecule has 2 atom stereocenters. The van der Waals surface area contributed by atoms with Crippen LogP contribution < -0.4 is 18.9 Å². The summed E-state index contributed by atoms with van der Waals surface area (Å²) in [6.45, 7) is 5.80. The van der Waals surface area contributed by atoms with Crippen LogP contribution in [0.1, 0.15) is 31.4 Å². The lowest BCUT2D eigenvalue weighted by molar-refractivity contribution is -0.0749. The first kappa shape index (κ1) is 27.9. The summed E-state index contributed by atoms with van der Waals surface area (Å²) in [6, 6.07) is 20.2. The second-order valence-corrected chi connectivity index (χ2v) is 11.3. The molecule has 1 fully saturated rings. The highest BCUT2D eigenvalue weighted by atomic mass is 32.2. The van der Waals surface area contributed by atoms with Crippen molar-refractivity contribution in [1.82, 2.24) is 9.62 Å². The van der Waals surface area contributed by atoms with E-state index in [0.29, 0.717) is 54.6 Å².